The van der Waals surface area contributed by atoms with Gasteiger partial charge in [-0.3, -0.25) is 14.9 Å². The highest BCUT2D eigenvalue weighted by Crippen LogP contribution is 2.30. The van der Waals surface area contributed by atoms with Gasteiger partial charge >= 0.3 is 12.0 Å². The number of amides is 4. The number of imide groups is 2. The maximum atomic E-state index is 13.2. The molecule has 1 aliphatic rings. The van der Waals surface area contributed by atoms with Crippen molar-refractivity contribution < 1.29 is 33.4 Å². The van der Waals surface area contributed by atoms with Crippen LogP contribution >= 0.6 is 45.2 Å². The summed E-state index contributed by atoms with van der Waals surface area (Å²) in [6, 6.07) is 6.96. The van der Waals surface area contributed by atoms with Crippen molar-refractivity contribution in [3.05, 3.63) is 60.5 Å². The Balaban J connectivity index is 1.96. The van der Waals surface area contributed by atoms with Gasteiger partial charge in [0.1, 0.15) is 17.1 Å². The van der Waals surface area contributed by atoms with E-state index in [1.165, 1.54) is 18.2 Å². The number of nitrogens with zero attached hydrogens (tertiary/aromatic N) is 1. The number of ether oxygens (including phenoxy) is 1. The van der Waals surface area contributed by atoms with Gasteiger partial charge in [0, 0.05) is 0 Å². The maximum Gasteiger partial charge on any atom is 0.341 e. The molecule has 1 heterocycles. The zero-order valence-electron chi connectivity index (χ0n) is 14.8. The third kappa shape index (κ3) is 4.77. The first kappa shape index (κ1) is 22.1. The van der Waals surface area contributed by atoms with E-state index in [0.29, 0.717) is 18.5 Å². The first-order valence-electron chi connectivity index (χ1n) is 8.18. The van der Waals surface area contributed by atoms with Gasteiger partial charge in [-0.15, -0.1) is 0 Å². The summed E-state index contributed by atoms with van der Waals surface area (Å²) in [5.41, 5.74) is 0.294. The molecule has 2 aromatic carbocycles. The van der Waals surface area contributed by atoms with Crippen molar-refractivity contribution in [2.45, 2.75) is 0 Å². The summed E-state index contributed by atoms with van der Waals surface area (Å²) in [5, 5.41) is 10.9. The number of carbonyl (C=O) groups excluding carboxylic acids is 3. The zero-order chi connectivity index (χ0) is 22.0. The number of carbonyl (C=O) groups is 4. The maximum absolute atomic E-state index is 13.2. The second-order valence-electron chi connectivity index (χ2n) is 5.93. The van der Waals surface area contributed by atoms with Crippen LogP contribution in [0.3, 0.4) is 0 Å². The van der Waals surface area contributed by atoms with Crippen LogP contribution in [-0.4, -0.2) is 35.5 Å². The molecule has 0 aliphatic carbocycles. The van der Waals surface area contributed by atoms with Gasteiger partial charge < -0.3 is 9.84 Å². The molecule has 2 aromatic rings. The molecule has 0 atom stereocenters. The smallest absolute Gasteiger partial charge is 0.341 e. The fourth-order valence-electron chi connectivity index (χ4n) is 2.58. The largest absolute Gasteiger partial charge is 0.480 e. The van der Waals surface area contributed by atoms with Crippen molar-refractivity contribution in [1.29, 1.82) is 0 Å². The van der Waals surface area contributed by atoms with Crippen molar-refractivity contribution in [2.24, 2.45) is 0 Å². The van der Waals surface area contributed by atoms with Gasteiger partial charge in [0.25, 0.3) is 11.8 Å². The Hall–Kier alpha value is -2.55. The quantitative estimate of drug-likeness (QED) is 0.297. The molecule has 3 rings (SSSR count). The van der Waals surface area contributed by atoms with Crippen LogP contribution in [0.25, 0.3) is 6.08 Å². The lowest BCUT2D eigenvalue weighted by molar-refractivity contribution is -0.139. The predicted octanol–water partition coefficient (Wildman–Crippen LogP) is 3.16. The van der Waals surface area contributed by atoms with E-state index in [1.54, 1.807) is 12.1 Å². The third-order valence-corrected chi connectivity index (χ3v) is 5.46. The normalized spacial score (nSPS) is 15.4. The third-order valence-electron chi connectivity index (χ3n) is 3.86. The molecule has 0 unspecified atom stereocenters. The van der Waals surface area contributed by atoms with E-state index >= 15 is 0 Å². The Morgan fingerprint density at radius 3 is 2.30 bits per heavy atom. The molecule has 1 saturated heterocycles. The summed E-state index contributed by atoms with van der Waals surface area (Å²) >= 11 is 3.89. The Bertz CT molecular complexity index is 1080. The van der Waals surface area contributed by atoms with Gasteiger partial charge in [0.05, 0.1) is 12.8 Å². The van der Waals surface area contributed by atoms with E-state index < -0.39 is 36.2 Å². The number of barbiturate groups is 1. The van der Waals surface area contributed by atoms with Crippen molar-refractivity contribution in [3.63, 3.8) is 0 Å². The number of rotatable bonds is 5. The molecule has 30 heavy (non-hydrogen) atoms. The van der Waals surface area contributed by atoms with Crippen molar-refractivity contribution in [3.8, 4) is 5.75 Å². The van der Waals surface area contributed by atoms with Gasteiger partial charge in [-0.05, 0) is 93.2 Å². The molecular weight excluding hydrogens is 625 g/mol. The number of aliphatic carboxylic acids is 1. The van der Waals surface area contributed by atoms with E-state index in [1.807, 2.05) is 45.2 Å². The highest BCUT2D eigenvalue weighted by Gasteiger charge is 2.36. The van der Waals surface area contributed by atoms with Gasteiger partial charge in [0.2, 0.25) is 0 Å². The Labute approximate surface area is 196 Å². The molecule has 0 bridgehead atoms. The number of benzene rings is 2. The van der Waals surface area contributed by atoms with Crippen molar-refractivity contribution >= 4 is 80.8 Å². The zero-order valence-corrected chi connectivity index (χ0v) is 19.1. The van der Waals surface area contributed by atoms with Crippen LogP contribution in [0.4, 0.5) is 14.9 Å². The molecule has 8 nitrogen and oxygen atoms in total. The monoisotopic (exact) mass is 636 g/mol. The van der Waals surface area contributed by atoms with Crippen molar-refractivity contribution in [1.82, 2.24) is 5.32 Å². The van der Waals surface area contributed by atoms with Gasteiger partial charge in [-0.25, -0.2) is 18.9 Å². The summed E-state index contributed by atoms with van der Waals surface area (Å²) in [5.74, 6) is -3.01. The van der Waals surface area contributed by atoms with E-state index in [2.05, 4.69) is 5.32 Å². The van der Waals surface area contributed by atoms with E-state index in [0.717, 1.165) is 17.0 Å². The van der Waals surface area contributed by atoms with Gasteiger partial charge in [0.15, 0.2) is 6.61 Å². The fraction of sp³-hybridized carbons (Fsp3) is 0.0526. The van der Waals surface area contributed by atoms with Crippen LogP contribution in [0.2, 0.25) is 0 Å². The number of hydrogen-bond donors (Lipinski definition) is 2. The molecule has 2 N–H and O–H groups in total. The average molecular weight is 636 g/mol. The van der Waals surface area contributed by atoms with Crippen LogP contribution in [0, 0.1) is 13.0 Å². The summed E-state index contributed by atoms with van der Waals surface area (Å²) in [6.45, 7) is -0.512. The van der Waals surface area contributed by atoms with Crippen LogP contribution in [-0.2, 0) is 14.4 Å². The summed E-state index contributed by atoms with van der Waals surface area (Å²) in [7, 11) is 0. The second kappa shape index (κ2) is 9.07. The summed E-state index contributed by atoms with van der Waals surface area (Å²) < 4.78 is 19.6. The summed E-state index contributed by atoms with van der Waals surface area (Å²) in [6.07, 6.45) is 1.31. The van der Waals surface area contributed by atoms with Gasteiger partial charge in [-0.2, -0.15) is 0 Å². The summed E-state index contributed by atoms with van der Waals surface area (Å²) in [4.78, 5) is 48.7. The number of nitrogens with one attached hydrogen (secondary N) is 1. The topological polar surface area (TPSA) is 113 Å². The first-order valence-corrected chi connectivity index (χ1v) is 10.3. The lowest BCUT2D eigenvalue weighted by atomic mass is 10.1. The highest BCUT2D eigenvalue weighted by atomic mass is 127. The van der Waals surface area contributed by atoms with Crippen LogP contribution in [0.5, 0.6) is 5.75 Å². The first-order chi connectivity index (χ1) is 14.2. The Kier molecular flexibility index (Phi) is 6.70. The molecule has 11 heteroatoms. The standard InChI is InChI=1S/C19H11FI2N2O6/c20-10-1-3-11(4-2-10)24-18(28)12(17(27)23-19(24)29)5-9-6-13(21)16(14(22)7-9)30-8-15(25)26/h1-7H,8H2,(H,25,26)(H,23,27,29)/b12-5+. The predicted molar refractivity (Wildman–Crippen MR) is 120 cm³/mol. The van der Waals surface area contributed by atoms with E-state index in [9.17, 15) is 23.6 Å². The molecule has 0 aromatic heterocycles. The number of halogens is 3. The lowest BCUT2D eigenvalue weighted by Gasteiger charge is -2.26. The minimum absolute atomic E-state index is 0.110. The Morgan fingerprint density at radius 2 is 1.73 bits per heavy atom. The molecule has 0 spiro atoms. The minimum atomic E-state index is -1.12. The Morgan fingerprint density at radius 1 is 1.13 bits per heavy atom. The highest BCUT2D eigenvalue weighted by molar-refractivity contribution is 14.1. The molecule has 1 fully saturated rings. The molecule has 154 valence electrons. The second-order valence-corrected chi connectivity index (χ2v) is 8.25. The number of anilines is 1. The van der Waals surface area contributed by atoms with Crippen LogP contribution in [0.15, 0.2) is 42.0 Å². The molecule has 1 aliphatic heterocycles. The average Bonchev–Trinajstić information content (AvgIpc) is 2.65. The number of urea groups is 1. The van der Waals surface area contributed by atoms with E-state index in [4.69, 9.17) is 9.84 Å². The minimum Gasteiger partial charge on any atom is -0.480 e. The molecule has 0 saturated carbocycles. The fourth-order valence-corrected chi connectivity index (χ4v) is 4.71. The van der Waals surface area contributed by atoms with Crippen LogP contribution < -0.4 is 15.0 Å². The molecule has 4 amide bonds. The van der Waals surface area contributed by atoms with Crippen molar-refractivity contribution in [2.75, 3.05) is 11.5 Å². The number of carboxylic acids is 1. The SMILES string of the molecule is O=C(O)COc1c(I)cc(/C=C2\C(=O)NC(=O)N(c3ccc(F)cc3)C2=O)cc1I. The van der Waals surface area contributed by atoms with Gasteiger partial charge in [-0.1, -0.05) is 0 Å². The lowest BCUT2D eigenvalue weighted by Crippen LogP contribution is -2.54. The van der Waals surface area contributed by atoms with E-state index in [-0.39, 0.29) is 11.3 Å². The molecular formula is C19H11FI2N2O6. The van der Waals surface area contributed by atoms with Crippen LogP contribution in [0.1, 0.15) is 5.56 Å². The number of carboxylic acid groups (broad SMARTS) is 1. The number of hydrogen-bond acceptors (Lipinski definition) is 5. The molecule has 0 radical (unpaired) electrons.